The molecule has 2 aromatic rings. The van der Waals surface area contributed by atoms with E-state index in [9.17, 15) is 14.9 Å². The summed E-state index contributed by atoms with van der Waals surface area (Å²) in [5.74, 6) is -0.943. The molecule has 0 amide bonds. The zero-order valence-electron chi connectivity index (χ0n) is 13.1. The minimum atomic E-state index is -0.862. The highest BCUT2D eigenvalue weighted by Crippen LogP contribution is 2.34. The van der Waals surface area contributed by atoms with E-state index < -0.39 is 16.8 Å². The van der Waals surface area contributed by atoms with E-state index in [1.165, 1.54) is 32.4 Å². The van der Waals surface area contributed by atoms with Crippen molar-refractivity contribution in [2.75, 3.05) is 14.2 Å². The summed E-state index contributed by atoms with van der Waals surface area (Å²) in [4.78, 5) is 22.6. The molecule has 122 valence electrons. The molecule has 1 atom stereocenters. The predicted molar refractivity (Wildman–Crippen MR) is 84.7 cm³/mol. The number of benzene rings is 2. The molecule has 0 heterocycles. The van der Waals surface area contributed by atoms with Gasteiger partial charge in [-0.2, -0.15) is 5.26 Å². The Morgan fingerprint density at radius 2 is 1.96 bits per heavy atom. The molecule has 2 rings (SSSR count). The lowest BCUT2D eigenvalue weighted by Gasteiger charge is -2.18. The maximum atomic E-state index is 12.3. The van der Waals surface area contributed by atoms with Crippen LogP contribution in [0.1, 0.15) is 22.6 Å². The fraction of sp³-hybridized carbons (Fsp3) is 0.176. The van der Waals surface area contributed by atoms with Gasteiger partial charge in [0.25, 0.3) is 5.69 Å². The van der Waals surface area contributed by atoms with E-state index in [0.717, 1.165) is 0 Å². The second-order valence-corrected chi connectivity index (χ2v) is 4.84. The molecule has 0 aliphatic carbocycles. The predicted octanol–water partition coefficient (Wildman–Crippen LogP) is 2.78. The average Bonchev–Trinajstić information content (AvgIpc) is 2.61. The first-order valence-corrected chi connectivity index (χ1v) is 6.92. The Labute approximate surface area is 138 Å². The Balaban J connectivity index is 2.64. The number of nitriles is 1. The van der Waals surface area contributed by atoms with Crippen molar-refractivity contribution in [3.05, 3.63) is 69.3 Å². The summed E-state index contributed by atoms with van der Waals surface area (Å²) in [6.07, 6.45) is 0. The van der Waals surface area contributed by atoms with Crippen LogP contribution in [0.3, 0.4) is 0 Å². The zero-order chi connectivity index (χ0) is 17.7. The number of rotatable bonds is 5. The Hall–Kier alpha value is -3.40. The summed E-state index contributed by atoms with van der Waals surface area (Å²) in [6, 6.07) is 12.7. The first-order valence-electron chi connectivity index (χ1n) is 6.92. The molecule has 0 spiro atoms. The molecule has 0 bridgehead atoms. The number of carbonyl (C=O) groups excluding carboxylic acids is 1. The monoisotopic (exact) mass is 326 g/mol. The summed E-state index contributed by atoms with van der Waals surface area (Å²) in [5.41, 5.74) is 0.518. The Morgan fingerprint density at radius 1 is 1.25 bits per heavy atom. The molecule has 7 nitrogen and oxygen atoms in total. The Morgan fingerprint density at radius 3 is 2.54 bits per heavy atom. The van der Waals surface area contributed by atoms with E-state index in [4.69, 9.17) is 14.7 Å². The number of carbonyl (C=O) groups is 1. The van der Waals surface area contributed by atoms with E-state index in [2.05, 4.69) is 0 Å². The van der Waals surface area contributed by atoms with Crippen molar-refractivity contribution in [1.29, 1.82) is 5.26 Å². The van der Waals surface area contributed by atoms with Gasteiger partial charge in [0, 0.05) is 11.6 Å². The highest BCUT2D eigenvalue weighted by Gasteiger charge is 2.28. The molecule has 0 aromatic heterocycles. The minimum absolute atomic E-state index is 0.124. The normalized spacial score (nSPS) is 11.2. The maximum Gasteiger partial charge on any atom is 0.317 e. The highest BCUT2D eigenvalue weighted by atomic mass is 16.6. The van der Waals surface area contributed by atoms with Crippen molar-refractivity contribution in [3.8, 4) is 11.8 Å². The average molecular weight is 326 g/mol. The molecule has 0 unspecified atom stereocenters. The van der Waals surface area contributed by atoms with Crippen LogP contribution in [-0.4, -0.2) is 25.1 Å². The third-order valence-electron chi connectivity index (χ3n) is 3.56. The quantitative estimate of drug-likeness (QED) is 0.475. The second-order valence-electron chi connectivity index (χ2n) is 4.84. The van der Waals surface area contributed by atoms with Crippen molar-refractivity contribution in [2.45, 2.75) is 5.92 Å². The molecule has 0 saturated heterocycles. The highest BCUT2D eigenvalue weighted by molar-refractivity contribution is 5.83. The number of hydrogen-bond acceptors (Lipinski definition) is 6. The molecular formula is C17H14N2O5. The minimum Gasteiger partial charge on any atom is -0.496 e. The van der Waals surface area contributed by atoms with Crippen LogP contribution in [0.2, 0.25) is 0 Å². The van der Waals surface area contributed by atoms with Crippen molar-refractivity contribution in [1.82, 2.24) is 0 Å². The van der Waals surface area contributed by atoms with E-state index in [-0.39, 0.29) is 11.3 Å². The van der Waals surface area contributed by atoms with Gasteiger partial charge in [0.15, 0.2) is 0 Å². The summed E-state index contributed by atoms with van der Waals surface area (Å²) < 4.78 is 10.1. The summed E-state index contributed by atoms with van der Waals surface area (Å²) in [6.45, 7) is 0. The van der Waals surface area contributed by atoms with Crippen molar-refractivity contribution in [3.63, 3.8) is 0 Å². The van der Waals surface area contributed by atoms with E-state index in [1.54, 1.807) is 30.3 Å². The lowest BCUT2D eigenvalue weighted by atomic mass is 9.89. The molecular weight excluding hydrogens is 312 g/mol. The Kier molecular flexibility index (Phi) is 5.12. The van der Waals surface area contributed by atoms with E-state index in [1.807, 2.05) is 0 Å². The summed E-state index contributed by atoms with van der Waals surface area (Å²) in [7, 11) is 2.73. The molecule has 24 heavy (non-hydrogen) atoms. The van der Waals surface area contributed by atoms with Gasteiger partial charge >= 0.3 is 5.97 Å². The lowest BCUT2D eigenvalue weighted by molar-refractivity contribution is -0.385. The van der Waals surface area contributed by atoms with Gasteiger partial charge in [0.2, 0.25) is 0 Å². The molecule has 0 radical (unpaired) electrons. The van der Waals surface area contributed by atoms with E-state index >= 15 is 0 Å². The third-order valence-corrected chi connectivity index (χ3v) is 3.56. The second kappa shape index (κ2) is 7.24. The first-order chi connectivity index (χ1) is 11.5. The van der Waals surface area contributed by atoms with Crippen LogP contribution in [0.5, 0.6) is 5.75 Å². The van der Waals surface area contributed by atoms with Gasteiger partial charge in [-0.05, 0) is 17.7 Å². The smallest absolute Gasteiger partial charge is 0.317 e. The van der Waals surface area contributed by atoms with Gasteiger partial charge in [0.05, 0.1) is 19.1 Å². The summed E-state index contributed by atoms with van der Waals surface area (Å²) in [5, 5.41) is 20.1. The molecule has 0 N–H and O–H groups in total. The first kappa shape index (κ1) is 17.0. The van der Waals surface area contributed by atoms with Crippen LogP contribution in [0.25, 0.3) is 0 Å². The van der Waals surface area contributed by atoms with Crippen molar-refractivity contribution >= 4 is 11.7 Å². The molecule has 0 fully saturated rings. The SMILES string of the molecule is COC(=O)[C@@H](c1ccc([N+](=O)[O-])c(C#N)c1)c1ccccc1OC. The van der Waals surface area contributed by atoms with Gasteiger partial charge in [-0.25, -0.2) is 0 Å². The molecule has 0 saturated carbocycles. The zero-order valence-corrected chi connectivity index (χ0v) is 13.1. The fourth-order valence-corrected chi connectivity index (χ4v) is 2.45. The third kappa shape index (κ3) is 3.17. The van der Waals surface area contributed by atoms with Crippen LogP contribution in [-0.2, 0) is 9.53 Å². The summed E-state index contributed by atoms with van der Waals surface area (Å²) >= 11 is 0. The van der Waals surface area contributed by atoms with E-state index in [0.29, 0.717) is 16.9 Å². The number of nitro benzene ring substituents is 1. The number of esters is 1. The number of para-hydroxylation sites is 1. The lowest BCUT2D eigenvalue weighted by Crippen LogP contribution is -2.17. The Bertz CT molecular complexity index is 826. The van der Waals surface area contributed by atoms with Crippen LogP contribution in [0.4, 0.5) is 5.69 Å². The molecule has 0 aliphatic rings. The van der Waals surface area contributed by atoms with Gasteiger partial charge < -0.3 is 9.47 Å². The van der Waals surface area contributed by atoms with Crippen molar-refractivity contribution in [2.24, 2.45) is 0 Å². The van der Waals surface area contributed by atoms with Gasteiger partial charge in [-0.3, -0.25) is 14.9 Å². The van der Waals surface area contributed by atoms with Crippen LogP contribution < -0.4 is 4.74 Å². The van der Waals surface area contributed by atoms with Crippen LogP contribution in [0.15, 0.2) is 42.5 Å². The number of hydrogen-bond donors (Lipinski definition) is 0. The van der Waals surface area contributed by atoms with Crippen LogP contribution >= 0.6 is 0 Å². The van der Waals surface area contributed by atoms with Gasteiger partial charge in [-0.15, -0.1) is 0 Å². The number of methoxy groups -OCH3 is 2. The van der Waals surface area contributed by atoms with Gasteiger partial charge in [0.1, 0.15) is 23.3 Å². The largest absolute Gasteiger partial charge is 0.496 e. The maximum absolute atomic E-state index is 12.3. The fourth-order valence-electron chi connectivity index (χ4n) is 2.45. The van der Waals surface area contributed by atoms with Gasteiger partial charge in [-0.1, -0.05) is 24.3 Å². The van der Waals surface area contributed by atoms with Crippen molar-refractivity contribution < 1.29 is 19.2 Å². The number of nitro groups is 1. The molecule has 2 aromatic carbocycles. The topological polar surface area (TPSA) is 102 Å². The standard InChI is InChI=1S/C17H14N2O5/c1-23-15-6-4-3-5-13(15)16(17(20)24-2)11-7-8-14(19(21)22)12(9-11)10-18/h3-9,16H,1-2H3/t16-/m0/s1. The number of ether oxygens (including phenoxy) is 2. The molecule has 7 heteroatoms. The van der Waals surface area contributed by atoms with Crippen LogP contribution in [0, 0.1) is 21.4 Å². The number of nitrogens with zero attached hydrogens (tertiary/aromatic N) is 2. The molecule has 0 aliphatic heterocycles.